The molecule has 1 rings (SSSR count). The van der Waals surface area contributed by atoms with Gasteiger partial charge in [0.1, 0.15) is 0 Å². The molecule has 0 N–H and O–H groups in total. The van der Waals surface area contributed by atoms with Crippen LogP contribution in [0.3, 0.4) is 0 Å². The maximum absolute atomic E-state index is 10.9. The first kappa shape index (κ1) is 8.25. The van der Waals surface area contributed by atoms with Crippen molar-refractivity contribution in [3.63, 3.8) is 0 Å². The predicted molar refractivity (Wildman–Crippen MR) is 45.4 cm³/mol. The van der Waals surface area contributed by atoms with Crippen molar-refractivity contribution in [1.82, 2.24) is 0 Å². The Morgan fingerprint density at radius 1 is 1.30 bits per heavy atom. The van der Waals surface area contributed by atoms with Crippen molar-refractivity contribution in [2.24, 2.45) is 10.8 Å². The normalized spacial score (nSPS) is 41.0. The van der Waals surface area contributed by atoms with Crippen LogP contribution in [0.25, 0.3) is 0 Å². The van der Waals surface area contributed by atoms with Crippen molar-refractivity contribution >= 4 is 10.8 Å². The van der Waals surface area contributed by atoms with Gasteiger partial charge in [-0.3, -0.25) is 4.21 Å². The SMILES string of the molecule is CC(C)(C)C1(C)CS(=O)C1. The summed E-state index contributed by atoms with van der Waals surface area (Å²) >= 11 is 0. The van der Waals surface area contributed by atoms with Gasteiger partial charge in [-0.15, -0.1) is 0 Å². The largest absolute Gasteiger partial charge is 0.260 e. The minimum Gasteiger partial charge on any atom is -0.260 e. The molecular formula is C8H16OS. The zero-order chi connectivity index (χ0) is 7.99. The van der Waals surface area contributed by atoms with Gasteiger partial charge in [0.15, 0.2) is 0 Å². The second-order valence-electron chi connectivity index (χ2n) is 4.54. The third kappa shape index (κ3) is 1.14. The third-order valence-electron chi connectivity index (χ3n) is 2.77. The van der Waals surface area contributed by atoms with Gasteiger partial charge in [0.05, 0.1) is 0 Å². The summed E-state index contributed by atoms with van der Waals surface area (Å²) in [5.41, 5.74) is 0.652. The lowest BCUT2D eigenvalue weighted by Crippen LogP contribution is -2.51. The second kappa shape index (κ2) is 2.07. The molecule has 0 spiro atoms. The molecule has 1 aliphatic rings. The molecule has 1 aliphatic heterocycles. The maximum atomic E-state index is 10.9. The molecule has 0 aromatic rings. The van der Waals surface area contributed by atoms with E-state index in [9.17, 15) is 4.21 Å². The van der Waals surface area contributed by atoms with Crippen molar-refractivity contribution < 1.29 is 4.21 Å². The molecule has 2 heteroatoms. The highest BCUT2D eigenvalue weighted by Crippen LogP contribution is 2.45. The molecule has 1 saturated heterocycles. The van der Waals surface area contributed by atoms with E-state index in [1.165, 1.54) is 0 Å². The average Bonchev–Trinajstić information content (AvgIpc) is 1.58. The quantitative estimate of drug-likeness (QED) is 0.528. The van der Waals surface area contributed by atoms with Gasteiger partial charge >= 0.3 is 0 Å². The summed E-state index contributed by atoms with van der Waals surface area (Å²) in [5.74, 6) is 1.80. The first-order valence-electron chi connectivity index (χ1n) is 3.70. The number of rotatable bonds is 0. The van der Waals surface area contributed by atoms with E-state index < -0.39 is 10.8 Å². The van der Waals surface area contributed by atoms with E-state index in [-0.39, 0.29) is 0 Å². The fourth-order valence-electron chi connectivity index (χ4n) is 1.10. The maximum Gasteiger partial charge on any atom is 0.0302 e. The lowest BCUT2D eigenvalue weighted by Gasteiger charge is -2.48. The van der Waals surface area contributed by atoms with Crippen LogP contribution in [-0.4, -0.2) is 15.7 Å². The zero-order valence-corrected chi connectivity index (χ0v) is 8.05. The Morgan fingerprint density at radius 2 is 1.70 bits per heavy atom. The van der Waals surface area contributed by atoms with E-state index >= 15 is 0 Å². The topological polar surface area (TPSA) is 17.1 Å². The van der Waals surface area contributed by atoms with Gasteiger partial charge in [0, 0.05) is 22.3 Å². The number of hydrogen-bond donors (Lipinski definition) is 0. The van der Waals surface area contributed by atoms with Crippen LogP contribution >= 0.6 is 0 Å². The molecule has 0 atom stereocenters. The van der Waals surface area contributed by atoms with Gasteiger partial charge in [0.2, 0.25) is 0 Å². The van der Waals surface area contributed by atoms with Crippen LogP contribution in [0.15, 0.2) is 0 Å². The molecular weight excluding hydrogens is 144 g/mol. The summed E-state index contributed by atoms with van der Waals surface area (Å²) in [6.07, 6.45) is 0. The van der Waals surface area contributed by atoms with Gasteiger partial charge in [-0.05, 0) is 10.8 Å². The highest BCUT2D eigenvalue weighted by molar-refractivity contribution is 7.86. The Bertz CT molecular complexity index is 159. The van der Waals surface area contributed by atoms with Gasteiger partial charge < -0.3 is 0 Å². The Morgan fingerprint density at radius 3 is 1.80 bits per heavy atom. The van der Waals surface area contributed by atoms with Gasteiger partial charge in [-0.2, -0.15) is 0 Å². The summed E-state index contributed by atoms with van der Waals surface area (Å²) in [4.78, 5) is 0. The highest BCUT2D eigenvalue weighted by atomic mass is 32.2. The summed E-state index contributed by atoms with van der Waals surface area (Å²) in [6, 6.07) is 0. The minimum absolute atomic E-state index is 0.320. The van der Waals surface area contributed by atoms with E-state index in [1.54, 1.807) is 0 Å². The van der Waals surface area contributed by atoms with Gasteiger partial charge in [-0.25, -0.2) is 0 Å². The van der Waals surface area contributed by atoms with E-state index in [4.69, 9.17) is 0 Å². The van der Waals surface area contributed by atoms with Crippen LogP contribution in [0.1, 0.15) is 27.7 Å². The predicted octanol–water partition coefficient (Wildman–Crippen LogP) is 1.80. The Balaban J connectivity index is 2.65. The Labute approximate surface area is 65.7 Å². The monoisotopic (exact) mass is 160 g/mol. The first-order chi connectivity index (χ1) is 4.35. The molecule has 0 saturated carbocycles. The molecule has 0 radical (unpaired) electrons. The third-order valence-corrected chi connectivity index (χ3v) is 4.69. The van der Waals surface area contributed by atoms with Gasteiger partial charge in [-0.1, -0.05) is 27.7 Å². The van der Waals surface area contributed by atoms with E-state index in [0.29, 0.717) is 10.8 Å². The molecule has 0 unspecified atom stereocenters. The molecule has 0 aliphatic carbocycles. The van der Waals surface area contributed by atoms with Crippen LogP contribution < -0.4 is 0 Å². The van der Waals surface area contributed by atoms with E-state index in [2.05, 4.69) is 27.7 Å². The van der Waals surface area contributed by atoms with Crippen LogP contribution in [0.4, 0.5) is 0 Å². The molecule has 0 bridgehead atoms. The summed E-state index contributed by atoms with van der Waals surface area (Å²) in [6.45, 7) is 8.91. The van der Waals surface area contributed by atoms with Crippen molar-refractivity contribution in [2.45, 2.75) is 27.7 Å². The van der Waals surface area contributed by atoms with Crippen LogP contribution in [0.2, 0.25) is 0 Å². The standard InChI is InChI=1S/C8H16OS/c1-7(2,3)8(4)5-10(9)6-8/h5-6H2,1-4H3. The minimum atomic E-state index is -0.508. The fourth-order valence-corrected chi connectivity index (χ4v) is 3.30. The van der Waals surface area contributed by atoms with Crippen LogP contribution in [-0.2, 0) is 10.8 Å². The molecule has 1 heterocycles. The molecule has 60 valence electrons. The van der Waals surface area contributed by atoms with Crippen LogP contribution in [0, 0.1) is 10.8 Å². The summed E-state index contributed by atoms with van der Waals surface area (Å²) in [5, 5.41) is 0. The molecule has 1 nitrogen and oxygen atoms in total. The lowest BCUT2D eigenvalue weighted by atomic mass is 9.70. The fraction of sp³-hybridized carbons (Fsp3) is 1.00. The molecule has 0 aromatic carbocycles. The van der Waals surface area contributed by atoms with E-state index in [1.807, 2.05) is 0 Å². The highest BCUT2D eigenvalue weighted by Gasteiger charge is 2.46. The van der Waals surface area contributed by atoms with E-state index in [0.717, 1.165) is 11.5 Å². The molecule has 10 heavy (non-hydrogen) atoms. The van der Waals surface area contributed by atoms with Crippen molar-refractivity contribution in [1.29, 1.82) is 0 Å². The Kier molecular flexibility index (Phi) is 1.70. The lowest BCUT2D eigenvalue weighted by molar-refractivity contribution is 0.149. The van der Waals surface area contributed by atoms with Gasteiger partial charge in [0.25, 0.3) is 0 Å². The van der Waals surface area contributed by atoms with Crippen LogP contribution in [0.5, 0.6) is 0 Å². The zero-order valence-electron chi connectivity index (χ0n) is 7.23. The summed E-state index contributed by atoms with van der Waals surface area (Å²) in [7, 11) is -0.508. The van der Waals surface area contributed by atoms with Crippen molar-refractivity contribution in [3.8, 4) is 0 Å². The van der Waals surface area contributed by atoms with Crippen molar-refractivity contribution in [3.05, 3.63) is 0 Å². The molecule has 1 fully saturated rings. The number of hydrogen-bond acceptors (Lipinski definition) is 1. The summed E-state index contributed by atoms with van der Waals surface area (Å²) < 4.78 is 10.9. The average molecular weight is 160 g/mol. The Hall–Kier alpha value is 0.150. The molecule has 0 aromatic heterocycles. The first-order valence-corrected chi connectivity index (χ1v) is 5.19. The smallest absolute Gasteiger partial charge is 0.0302 e. The second-order valence-corrected chi connectivity index (χ2v) is 6.00. The van der Waals surface area contributed by atoms with Crippen molar-refractivity contribution in [2.75, 3.05) is 11.5 Å². The molecule has 0 amide bonds.